The van der Waals surface area contributed by atoms with Crippen LogP contribution in [0.15, 0.2) is 24.8 Å². The van der Waals surface area contributed by atoms with E-state index < -0.39 is 0 Å². The maximum Gasteiger partial charge on any atom is 0.116 e. The molecule has 0 aliphatic carbocycles. The summed E-state index contributed by atoms with van der Waals surface area (Å²) < 4.78 is 0. The lowest BCUT2D eigenvalue weighted by molar-refractivity contribution is 0.815. The minimum absolute atomic E-state index is 0.420. The van der Waals surface area contributed by atoms with Crippen LogP contribution in [0, 0.1) is 0 Å². The van der Waals surface area contributed by atoms with Gasteiger partial charge in [0.25, 0.3) is 0 Å². The normalized spacial score (nSPS) is 10.8. The number of nitrogens with one attached hydrogen (secondary N) is 1. The van der Waals surface area contributed by atoms with Crippen LogP contribution in [-0.4, -0.2) is 20.2 Å². The van der Waals surface area contributed by atoms with Crippen LogP contribution in [0.2, 0.25) is 0 Å². The summed E-state index contributed by atoms with van der Waals surface area (Å²) in [6, 6.07) is 2.00. The minimum Gasteiger partial charge on any atom is -0.285 e. The molecule has 0 radical (unpaired) electrons. The Morgan fingerprint density at radius 1 is 1.29 bits per heavy atom. The van der Waals surface area contributed by atoms with E-state index in [1.807, 2.05) is 12.3 Å². The van der Waals surface area contributed by atoms with Crippen LogP contribution in [0.4, 0.5) is 0 Å². The van der Waals surface area contributed by atoms with Crippen molar-refractivity contribution in [2.75, 3.05) is 0 Å². The zero-order valence-corrected chi connectivity index (χ0v) is 8.23. The molecule has 0 aromatic carbocycles. The van der Waals surface area contributed by atoms with E-state index in [0.29, 0.717) is 5.92 Å². The maximum atomic E-state index is 4.21. The van der Waals surface area contributed by atoms with E-state index in [4.69, 9.17) is 0 Å². The number of hydrogen-bond acceptors (Lipinski definition) is 3. The summed E-state index contributed by atoms with van der Waals surface area (Å²) >= 11 is 0. The van der Waals surface area contributed by atoms with Crippen LogP contribution in [0.5, 0.6) is 0 Å². The van der Waals surface area contributed by atoms with Gasteiger partial charge in [-0.05, 0) is 12.0 Å². The molecule has 0 unspecified atom stereocenters. The average molecular weight is 188 g/mol. The third-order valence-electron chi connectivity index (χ3n) is 2.07. The number of rotatable bonds is 2. The van der Waals surface area contributed by atoms with Gasteiger partial charge in [0.05, 0.1) is 11.9 Å². The second kappa shape index (κ2) is 3.57. The maximum absolute atomic E-state index is 4.21. The SMILES string of the molecule is CC(C)c1cc(-c2cn[nH]c2)ncn1. The van der Waals surface area contributed by atoms with Gasteiger partial charge < -0.3 is 0 Å². The molecule has 0 aliphatic rings. The third-order valence-corrected chi connectivity index (χ3v) is 2.07. The van der Waals surface area contributed by atoms with Crippen LogP contribution in [-0.2, 0) is 0 Å². The molecule has 0 amide bonds. The first-order valence-electron chi connectivity index (χ1n) is 4.58. The van der Waals surface area contributed by atoms with Crippen molar-refractivity contribution in [1.29, 1.82) is 0 Å². The molecule has 72 valence electrons. The number of aromatic nitrogens is 4. The first-order valence-corrected chi connectivity index (χ1v) is 4.58. The van der Waals surface area contributed by atoms with Crippen molar-refractivity contribution in [2.24, 2.45) is 0 Å². The molecule has 4 heteroatoms. The molecule has 0 saturated heterocycles. The van der Waals surface area contributed by atoms with E-state index in [0.717, 1.165) is 17.0 Å². The third kappa shape index (κ3) is 1.64. The first kappa shape index (κ1) is 8.87. The summed E-state index contributed by atoms with van der Waals surface area (Å²) in [5, 5.41) is 6.65. The van der Waals surface area contributed by atoms with Gasteiger partial charge in [0.1, 0.15) is 6.33 Å². The highest BCUT2D eigenvalue weighted by Crippen LogP contribution is 2.18. The fourth-order valence-corrected chi connectivity index (χ4v) is 1.24. The van der Waals surface area contributed by atoms with Crippen LogP contribution < -0.4 is 0 Å². The molecule has 2 aromatic rings. The molecule has 0 fully saturated rings. The molecule has 0 saturated carbocycles. The quantitative estimate of drug-likeness (QED) is 0.784. The Balaban J connectivity index is 2.41. The Hall–Kier alpha value is -1.71. The number of aromatic amines is 1. The number of hydrogen-bond donors (Lipinski definition) is 1. The van der Waals surface area contributed by atoms with Crippen molar-refractivity contribution >= 4 is 0 Å². The molecule has 1 N–H and O–H groups in total. The molecule has 2 heterocycles. The van der Waals surface area contributed by atoms with Crippen molar-refractivity contribution in [3.63, 3.8) is 0 Å². The Morgan fingerprint density at radius 3 is 2.79 bits per heavy atom. The molecule has 2 aromatic heterocycles. The molecular formula is C10H12N4. The van der Waals surface area contributed by atoms with Crippen molar-refractivity contribution in [1.82, 2.24) is 20.2 Å². The molecule has 0 aliphatic heterocycles. The summed E-state index contributed by atoms with van der Waals surface area (Å²) in [4.78, 5) is 8.40. The molecular weight excluding hydrogens is 176 g/mol. The zero-order valence-electron chi connectivity index (χ0n) is 8.23. The summed E-state index contributed by atoms with van der Waals surface area (Å²) in [6.45, 7) is 4.23. The highest BCUT2D eigenvalue weighted by molar-refractivity contribution is 5.56. The van der Waals surface area contributed by atoms with Gasteiger partial charge in [0.2, 0.25) is 0 Å². The van der Waals surface area contributed by atoms with E-state index in [9.17, 15) is 0 Å². The zero-order chi connectivity index (χ0) is 9.97. The monoisotopic (exact) mass is 188 g/mol. The smallest absolute Gasteiger partial charge is 0.116 e. The van der Waals surface area contributed by atoms with E-state index >= 15 is 0 Å². The van der Waals surface area contributed by atoms with Crippen LogP contribution in [0.1, 0.15) is 25.5 Å². The lowest BCUT2D eigenvalue weighted by Gasteiger charge is -2.04. The standard InChI is InChI=1S/C10H12N4/c1-7(2)9-3-10(12-6-11-9)8-4-13-14-5-8/h3-7H,1-2H3,(H,13,14). The Labute approximate surface area is 82.4 Å². The van der Waals surface area contributed by atoms with Crippen molar-refractivity contribution < 1.29 is 0 Å². The second-order valence-corrected chi connectivity index (χ2v) is 3.47. The molecule has 0 spiro atoms. The van der Waals surface area contributed by atoms with Crippen LogP contribution >= 0.6 is 0 Å². The van der Waals surface area contributed by atoms with Crippen molar-refractivity contribution in [3.8, 4) is 11.3 Å². The van der Waals surface area contributed by atoms with Gasteiger partial charge in [-0.15, -0.1) is 0 Å². The molecule has 0 bridgehead atoms. The fourth-order valence-electron chi connectivity index (χ4n) is 1.24. The van der Waals surface area contributed by atoms with E-state index in [2.05, 4.69) is 34.0 Å². The van der Waals surface area contributed by atoms with Gasteiger partial charge in [-0.1, -0.05) is 13.8 Å². The highest BCUT2D eigenvalue weighted by atomic mass is 15.1. The summed E-state index contributed by atoms with van der Waals surface area (Å²) in [7, 11) is 0. The van der Waals surface area contributed by atoms with E-state index in [1.165, 1.54) is 0 Å². The predicted octanol–water partition coefficient (Wildman–Crippen LogP) is 1.99. The fraction of sp³-hybridized carbons (Fsp3) is 0.300. The lowest BCUT2D eigenvalue weighted by Crippen LogP contribution is -1.94. The van der Waals surface area contributed by atoms with Gasteiger partial charge in [0, 0.05) is 17.5 Å². The minimum atomic E-state index is 0.420. The highest BCUT2D eigenvalue weighted by Gasteiger charge is 2.05. The number of H-pyrrole nitrogens is 1. The van der Waals surface area contributed by atoms with Crippen molar-refractivity contribution in [2.45, 2.75) is 19.8 Å². The van der Waals surface area contributed by atoms with Crippen molar-refractivity contribution in [3.05, 3.63) is 30.5 Å². The summed E-state index contributed by atoms with van der Waals surface area (Å²) in [5.74, 6) is 0.420. The molecule has 4 nitrogen and oxygen atoms in total. The number of nitrogens with zero attached hydrogens (tertiary/aromatic N) is 3. The predicted molar refractivity (Wildman–Crippen MR) is 53.7 cm³/mol. The molecule has 2 rings (SSSR count). The molecule has 14 heavy (non-hydrogen) atoms. The van der Waals surface area contributed by atoms with Crippen LogP contribution in [0.25, 0.3) is 11.3 Å². The summed E-state index contributed by atoms with van der Waals surface area (Å²) in [5.41, 5.74) is 2.96. The Morgan fingerprint density at radius 2 is 2.14 bits per heavy atom. The van der Waals surface area contributed by atoms with Gasteiger partial charge in [-0.2, -0.15) is 5.10 Å². The average Bonchev–Trinajstić information content (AvgIpc) is 2.71. The summed E-state index contributed by atoms with van der Waals surface area (Å²) in [6.07, 6.45) is 5.18. The van der Waals surface area contributed by atoms with Gasteiger partial charge in [0.15, 0.2) is 0 Å². The van der Waals surface area contributed by atoms with Crippen LogP contribution in [0.3, 0.4) is 0 Å². The second-order valence-electron chi connectivity index (χ2n) is 3.47. The first-order chi connectivity index (χ1) is 6.77. The molecule has 0 atom stereocenters. The van der Waals surface area contributed by atoms with E-state index in [-0.39, 0.29) is 0 Å². The van der Waals surface area contributed by atoms with Gasteiger partial charge in [-0.3, -0.25) is 5.10 Å². The largest absolute Gasteiger partial charge is 0.285 e. The Bertz CT molecular complexity index is 406. The van der Waals surface area contributed by atoms with E-state index in [1.54, 1.807) is 12.5 Å². The van der Waals surface area contributed by atoms with Gasteiger partial charge in [-0.25, -0.2) is 9.97 Å². The topological polar surface area (TPSA) is 54.5 Å². The Kier molecular flexibility index (Phi) is 2.26. The lowest BCUT2D eigenvalue weighted by atomic mass is 10.1. The van der Waals surface area contributed by atoms with Gasteiger partial charge >= 0.3 is 0 Å².